The summed E-state index contributed by atoms with van der Waals surface area (Å²) in [6.07, 6.45) is 1.68. The van der Waals surface area contributed by atoms with Gasteiger partial charge in [-0.05, 0) is 47.7 Å². The van der Waals surface area contributed by atoms with Crippen LogP contribution in [0.3, 0.4) is 0 Å². The second-order valence-corrected chi connectivity index (χ2v) is 9.61. The Balaban J connectivity index is 1.17. The Labute approximate surface area is 205 Å². The molecule has 0 spiro atoms. The first-order valence-corrected chi connectivity index (χ1v) is 12.1. The largest absolute Gasteiger partial charge is 0.352 e. The van der Waals surface area contributed by atoms with Gasteiger partial charge in [-0.1, -0.05) is 66.7 Å². The van der Waals surface area contributed by atoms with Gasteiger partial charge in [0.1, 0.15) is 12.1 Å². The van der Waals surface area contributed by atoms with Crippen molar-refractivity contribution in [1.29, 1.82) is 0 Å². The Kier molecular flexibility index (Phi) is 6.26. The van der Waals surface area contributed by atoms with Crippen LogP contribution in [0.15, 0.2) is 72.8 Å². The third-order valence-corrected chi connectivity index (χ3v) is 7.11. The molecule has 35 heavy (non-hydrogen) atoms. The maximum Gasteiger partial charge on any atom is 0.325 e. The zero-order chi connectivity index (χ0) is 24.4. The highest BCUT2D eigenvalue weighted by Gasteiger charge is 2.49. The molecule has 3 aromatic carbocycles. The van der Waals surface area contributed by atoms with Gasteiger partial charge < -0.3 is 10.6 Å². The number of likely N-dealkylation sites (tertiary alicyclic amines) is 1. The Hall–Kier alpha value is -3.71. The number of carbonyl (C=O) groups excluding carboxylic acids is 3. The van der Waals surface area contributed by atoms with Crippen LogP contribution in [-0.2, 0) is 21.7 Å². The molecule has 0 saturated carbocycles. The number of fused-ring (bicyclic) bond motifs is 1. The predicted molar refractivity (Wildman–Crippen MR) is 134 cm³/mol. The highest BCUT2D eigenvalue weighted by atomic mass is 16.2. The summed E-state index contributed by atoms with van der Waals surface area (Å²) in [5.41, 5.74) is 0.774. The molecule has 7 nitrogen and oxygen atoms in total. The average molecular weight is 471 g/mol. The van der Waals surface area contributed by atoms with Gasteiger partial charge >= 0.3 is 6.03 Å². The molecule has 180 valence electrons. The van der Waals surface area contributed by atoms with Gasteiger partial charge in [0, 0.05) is 25.7 Å². The highest BCUT2D eigenvalue weighted by Crippen LogP contribution is 2.31. The SMILES string of the molecule is CC1(c2ccc3ccccc3c2)NC(=O)N(CC(=O)NC2CCN(Cc3ccccc3)CC2)C1=O. The molecule has 0 aromatic heterocycles. The lowest BCUT2D eigenvalue weighted by atomic mass is 9.90. The molecular formula is C28H30N4O3. The van der Waals surface area contributed by atoms with Crippen LogP contribution in [0.5, 0.6) is 0 Å². The summed E-state index contributed by atoms with van der Waals surface area (Å²) in [6, 6.07) is 23.4. The molecule has 4 amide bonds. The van der Waals surface area contributed by atoms with E-state index in [0.717, 1.165) is 48.1 Å². The molecule has 1 atom stereocenters. The van der Waals surface area contributed by atoms with Crippen LogP contribution in [0, 0.1) is 0 Å². The molecule has 2 N–H and O–H groups in total. The summed E-state index contributed by atoms with van der Waals surface area (Å²) < 4.78 is 0. The monoisotopic (exact) mass is 470 g/mol. The zero-order valence-electron chi connectivity index (χ0n) is 19.9. The van der Waals surface area contributed by atoms with Crippen molar-refractivity contribution in [1.82, 2.24) is 20.4 Å². The fraction of sp³-hybridized carbons (Fsp3) is 0.321. The lowest BCUT2D eigenvalue weighted by Crippen LogP contribution is -2.48. The van der Waals surface area contributed by atoms with Crippen LogP contribution in [0.2, 0.25) is 0 Å². The third kappa shape index (κ3) is 4.77. The normalized spacial score (nSPS) is 21.3. The van der Waals surface area contributed by atoms with Crippen molar-refractivity contribution in [2.24, 2.45) is 0 Å². The number of benzene rings is 3. The second-order valence-electron chi connectivity index (χ2n) is 9.61. The number of imide groups is 1. The fourth-order valence-electron chi connectivity index (χ4n) is 5.03. The summed E-state index contributed by atoms with van der Waals surface area (Å²) in [7, 11) is 0. The van der Waals surface area contributed by atoms with Crippen LogP contribution in [0.25, 0.3) is 10.8 Å². The number of nitrogens with zero attached hydrogens (tertiary/aromatic N) is 2. The second kappa shape index (κ2) is 9.50. The van der Waals surface area contributed by atoms with Crippen LogP contribution in [0.4, 0.5) is 4.79 Å². The summed E-state index contributed by atoms with van der Waals surface area (Å²) in [4.78, 5) is 42.1. The molecule has 3 aromatic rings. The molecule has 0 bridgehead atoms. The minimum absolute atomic E-state index is 0.0437. The van der Waals surface area contributed by atoms with Crippen LogP contribution < -0.4 is 10.6 Å². The van der Waals surface area contributed by atoms with Gasteiger partial charge in [0.2, 0.25) is 5.91 Å². The topological polar surface area (TPSA) is 81.8 Å². The van der Waals surface area contributed by atoms with E-state index in [2.05, 4.69) is 27.7 Å². The van der Waals surface area contributed by atoms with Gasteiger partial charge in [-0.25, -0.2) is 4.79 Å². The quantitative estimate of drug-likeness (QED) is 0.541. The van der Waals surface area contributed by atoms with Crippen molar-refractivity contribution < 1.29 is 14.4 Å². The van der Waals surface area contributed by atoms with Gasteiger partial charge in [-0.15, -0.1) is 0 Å². The van der Waals surface area contributed by atoms with Crippen molar-refractivity contribution in [3.05, 3.63) is 83.9 Å². The van der Waals surface area contributed by atoms with Gasteiger partial charge in [0.15, 0.2) is 0 Å². The molecule has 1 unspecified atom stereocenters. The molecule has 0 aliphatic carbocycles. The third-order valence-electron chi connectivity index (χ3n) is 7.11. The summed E-state index contributed by atoms with van der Waals surface area (Å²) in [5, 5.41) is 7.87. The van der Waals surface area contributed by atoms with Gasteiger partial charge in [-0.3, -0.25) is 19.4 Å². The molecule has 7 heteroatoms. The van der Waals surface area contributed by atoms with Crippen LogP contribution >= 0.6 is 0 Å². The first-order valence-electron chi connectivity index (χ1n) is 12.1. The highest BCUT2D eigenvalue weighted by molar-refractivity contribution is 6.09. The van der Waals surface area contributed by atoms with E-state index in [-0.39, 0.29) is 18.5 Å². The molecule has 2 saturated heterocycles. The van der Waals surface area contributed by atoms with Crippen LogP contribution in [0.1, 0.15) is 30.9 Å². The first-order chi connectivity index (χ1) is 16.9. The Morgan fingerprint density at radius 3 is 2.40 bits per heavy atom. The van der Waals surface area contributed by atoms with Gasteiger partial charge in [0.25, 0.3) is 5.91 Å². The number of carbonyl (C=O) groups is 3. The molecule has 2 fully saturated rings. The van der Waals surface area contributed by atoms with E-state index >= 15 is 0 Å². The van der Waals surface area contributed by atoms with E-state index in [0.29, 0.717) is 5.56 Å². The smallest absolute Gasteiger partial charge is 0.325 e. The Morgan fingerprint density at radius 1 is 0.971 bits per heavy atom. The van der Waals surface area contributed by atoms with E-state index in [9.17, 15) is 14.4 Å². The fourth-order valence-corrected chi connectivity index (χ4v) is 5.03. The van der Waals surface area contributed by atoms with E-state index < -0.39 is 17.5 Å². The summed E-state index contributed by atoms with van der Waals surface area (Å²) >= 11 is 0. The maximum absolute atomic E-state index is 13.3. The molecule has 5 rings (SSSR count). The number of hydrogen-bond donors (Lipinski definition) is 2. The molecule has 2 aliphatic rings. The van der Waals surface area contributed by atoms with E-state index in [1.165, 1.54) is 5.56 Å². The number of hydrogen-bond acceptors (Lipinski definition) is 4. The number of piperidine rings is 1. The summed E-state index contributed by atoms with van der Waals surface area (Å²) in [5.74, 6) is -0.719. The lowest BCUT2D eigenvalue weighted by molar-refractivity contribution is -0.135. The Morgan fingerprint density at radius 2 is 1.66 bits per heavy atom. The van der Waals surface area contributed by atoms with E-state index in [4.69, 9.17) is 0 Å². The minimum atomic E-state index is -1.20. The molecule has 2 heterocycles. The molecule has 2 aliphatic heterocycles. The number of rotatable bonds is 6. The maximum atomic E-state index is 13.3. The van der Waals surface area contributed by atoms with Gasteiger partial charge in [0.05, 0.1) is 0 Å². The standard InChI is InChI=1S/C28H30N4O3/c1-28(23-12-11-21-9-5-6-10-22(21)17-23)26(34)32(27(35)30-28)19-25(33)29-24-13-15-31(16-14-24)18-20-7-3-2-4-8-20/h2-12,17,24H,13-16,18-19H2,1H3,(H,29,33)(H,30,35). The van der Waals surface area contributed by atoms with Crippen molar-refractivity contribution in [2.75, 3.05) is 19.6 Å². The predicted octanol–water partition coefficient (Wildman–Crippen LogP) is 3.39. The van der Waals surface area contributed by atoms with E-state index in [1.54, 1.807) is 6.92 Å². The summed E-state index contributed by atoms with van der Waals surface area (Å²) in [6.45, 7) is 4.10. The minimum Gasteiger partial charge on any atom is -0.352 e. The Bertz CT molecular complexity index is 1250. The number of nitrogens with one attached hydrogen (secondary N) is 2. The molecule has 0 radical (unpaired) electrons. The van der Waals surface area contributed by atoms with Crippen molar-refractivity contribution in [3.63, 3.8) is 0 Å². The van der Waals surface area contributed by atoms with Crippen molar-refractivity contribution >= 4 is 28.6 Å². The first kappa shape index (κ1) is 23.1. The van der Waals surface area contributed by atoms with E-state index in [1.807, 2.05) is 60.7 Å². The number of urea groups is 1. The average Bonchev–Trinajstić information content (AvgIpc) is 3.09. The lowest BCUT2D eigenvalue weighted by Gasteiger charge is -2.32. The van der Waals surface area contributed by atoms with Crippen molar-refractivity contribution in [3.8, 4) is 0 Å². The number of amides is 4. The van der Waals surface area contributed by atoms with Crippen LogP contribution in [-0.4, -0.2) is 53.3 Å². The van der Waals surface area contributed by atoms with Gasteiger partial charge in [-0.2, -0.15) is 0 Å². The molecular weight excluding hydrogens is 440 g/mol. The zero-order valence-corrected chi connectivity index (χ0v) is 19.9. The van der Waals surface area contributed by atoms with Crippen molar-refractivity contribution in [2.45, 2.75) is 37.9 Å².